The van der Waals surface area contributed by atoms with Crippen molar-refractivity contribution in [2.75, 3.05) is 12.0 Å². The van der Waals surface area contributed by atoms with Crippen molar-refractivity contribution in [3.05, 3.63) is 48.8 Å². The Balaban J connectivity index is 1.99. The fraction of sp³-hybridized carbons (Fsp3) is 0.0667. The van der Waals surface area contributed by atoms with Gasteiger partial charge in [0.1, 0.15) is 12.1 Å². The lowest BCUT2D eigenvalue weighted by atomic mass is 10.2. The summed E-state index contributed by atoms with van der Waals surface area (Å²) in [5.41, 5.74) is 7.28. The molecule has 3 aromatic rings. The maximum atomic E-state index is 5.83. The molecule has 0 radical (unpaired) electrons. The van der Waals surface area contributed by atoms with Gasteiger partial charge in [-0.2, -0.15) is 0 Å². The summed E-state index contributed by atoms with van der Waals surface area (Å²) in [6.07, 6.45) is 3.53. The van der Waals surface area contributed by atoms with Crippen molar-refractivity contribution in [2.24, 2.45) is 0 Å². The van der Waals surface area contributed by atoms with Gasteiger partial charge in [0.25, 0.3) is 0 Å². The fourth-order valence-corrected chi connectivity index (χ4v) is 2.30. The average molecular weight is 283 g/mol. The molecule has 100 valence electrons. The van der Waals surface area contributed by atoms with Crippen LogP contribution in [0.1, 0.15) is 0 Å². The Morgan fingerprint density at radius 3 is 2.60 bits per heavy atom. The second-order valence-electron chi connectivity index (χ2n) is 4.23. The number of fused-ring (bicyclic) bond motifs is 1. The van der Waals surface area contributed by atoms with Crippen molar-refractivity contribution < 1.29 is 4.74 Å². The molecule has 0 spiro atoms. The standard InChI is InChI=1S/C15H13N3OS/c1-20-12-5-3-11(4-6-12)19-15-13-8-10(16)2-7-14(13)17-9-18-15/h2-9H,16H2,1H3. The molecule has 2 N–H and O–H groups in total. The molecule has 0 unspecified atom stereocenters. The fourth-order valence-electron chi connectivity index (χ4n) is 1.89. The smallest absolute Gasteiger partial charge is 0.230 e. The lowest BCUT2D eigenvalue weighted by molar-refractivity contribution is 0.468. The molecular weight excluding hydrogens is 270 g/mol. The van der Waals surface area contributed by atoms with Gasteiger partial charge in [-0.05, 0) is 48.7 Å². The van der Waals surface area contributed by atoms with Crippen LogP contribution < -0.4 is 10.5 Å². The van der Waals surface area contributed by atoms with E-state index in [1.54, 1.807) is 11.8 Å². The van der Waals surface area contributed by atoms with Gasteiger partial charge >= 0.3 is 0 Å². The van der Waals surface area contributed by atoms with Crippen LogP contribution in [0.3, 0.4) is 0 Å². The molecule has 0 aliphatic rings. The van der Waals surface area contributed by atoms with E-state index in [0.29, 0.717) is 11.6 Å². The van der Waals surface area contributed by atoms with Crippen LogP contribution in [-0.2, 0) is 0 Å². The molecule has 0 aliphatic carbocycles. The Hall–Kier alpha value is -2.27. The number of hydrogen-bond donors (Lipinski definition) is 1. The summed E-state index contributed by atoms with van der Waals surface area (Å²) in [7, 11) is 0. The molecule has 0 bridgehead atoms. The number of nitrogen functional groups attached to an aromatic ring is 1. The Kier molecular flexibility index (Phi) is 3.43. The Morgan fingerprint density at radius 1 is 1.05 bits per heavy atom. The number of nitrogens with zero attached hydrogens (tertiary/aromatic N) is 2. The highest BCUT2D eigenvalue weighted by atomic mass is 32.2. The van der Waals surface area contributed by atoms with Crippen LogP contribution in [0.4, 0.5) is 5.69 Å². The van der Waals surface area contributed by atoms with E-state index in [0.717, 1.165) is 16.7 Å². The highest BCUT2D eigenvalue weighted by molar-refractivity contribution is 7.98. The van der Waals surface area contributed by atoms with E-state index in [1.165, 1.54) is 11.2 Å². The predicted octanol–water partition coefficient (Wildman–Crippen LogP) is 3.73. The summed E-state index contributed by atoms with van der Waals surface area (Å²) in [6.45, 7) is 0. The second-order valence-corrected chi connectivity index (χ2v) is 5.11. The van der Waals surface area contributed by atoms with E-state index >= 15 is 0 Å². The normalized spacial score (nSPS) is 10.7. The summed E-state index contributed by atoms with van der Waals surface area (Å²) in [5, 5.41) is 0.807. The zero-order chi connectivity index (χ0) is 13.9. The first-order chi connectivity index (χ1) is 9.76. The Labute approximate surface area is 121 Å². The number of hydrogen-bond acceptors (Lipinski definition) is 5. The molecule has 0 aliphatic heterocycles. The Bertz CT molecular complexity index is 744. The van der Waals surface area contributed by atoms with E-state index < -0.39 is 0 Å². The minimum atomic E-state index is 0.513. The predicted molar refractivity (Wildman–Crippen MR) is 82.2 cm³/mol. The van der Waals surface area contributed by atoms with E-state index in [9.17, 15) is 0 Å². The molecule has 1 heterocycles. The van der Waals surface area contributed by atoms with E-state index in [4.69, 9.17) is 10.5 Å². The monoisotopic (exact) mass is 283 g/mol. The molecule has 1 aromatic heterocycles. The topological polar surface area (TPSA) is 61.0 Å². The van der Waals surface area contributed by atoms with Gasteiger partial charge < -0.3 is 10.5 Å². The second kappa shape index (κ2) is 5.38. The van der Waals surface area contributed by atoms with Gasteiger partial charge in [0, 0.05) is 10.6 Å². The summed E-state index contributed by atoms with van der Waals surface area (Å²) >= 11 is 1.69. The molecule has 0 fully saturated rings. The minimum absolute atomic E-state index is 0.513. The minimum Gasteiger partial charge on any atom is -0.438 e. The lowest BCUT2D eigenvalue weighted by Gasteiger charge is -2.08. The number of ether oxygens (including phenoxy) is 1. The zero-order valence-corrected chi connectivity index (χ0v) is 11.7. The van der Waals surface area contributed by atoms with Crippen molar-refractivity contribution in [1.29, 1.82) is 0 Å². The van der Waals surface area contributed by atoms with Gasteiger partial charge in [0.05, 0.1) is 10.9 Å². The van der Waals surface area contributed by atoms with Crippen LogP contribution in [0.25, 0.3) is 10.9 Å². The van der Waals surface area contributed by atoms with Crippen LogP contribution in [0.5, 0.6) is 11.6 Å². The average Bonchev–Trinajstić information content (AvgIpc) is 2.49. The van der Waals surface area contributed by atoms with Crippen molar-refractivity contribution in [3.8, 4) is 11.6 Å². The van der Waals surface area contributed by atoms with Crippen LogP contribution in [0, 0.1) is 0 Å². The third-order valence-corrected chi connectivity index (χ3v) is 3.64. The van der Waals surface area contributed by atoms with Crippen molar-refractivity contribution in [2.45, 2.75) is 4.90 Å². The van der Waals surface area contributed by atoms with Gasteiger partial charge in [0.2, 0.25) is 5.88 Å². The van der Waals surface area contributed by atoms with Gasteiger partial charge in [-0.3, -0.25) is 0 Å². The molecule has 0 saturated heterocycles. The van der Waals surface area contributed by atoms with E-state index in [2.05, 4.69) is 9.97 Å². The third-order valence-electron chi connectivity index (χ3n) is 2.90. The molecule has 0 amide bonds. The Morgan fingerprint density at radius 2 is 1.85 bits per heavy atom. The van der Waals surface area contributed by atoms with Crippen molar-refractivity contribution >= 4 is 28.4 Å². The summed E-state index contributed by atoms with van der Waals surface area (Å²) < 4.78 is 5.83. The SMILES string of the molecule is CSc1ccc(Oc2ncnc3ccc(N)cc23)cc1. The van der Waals surface area contributed by atoms with Gasteiger partial charge in [-0.15, -0.1) is 11.8 Å². The van der Waals surface area contributed by atoms with Gasteiger partial charge in [-0.25, -0.2) is 9.97 Å². The molecule has 0 saturated carbocycles. The molecular formula is C15H13N3OS. The van der Waals surface area contributed by atoms with Crippen LogP contribution in [-0.4, -0.2) is 16.2 Å². The van der Waals surface area contributed by atoms with Crippen LogP contribution >= 0.6 is 11.8 Å². The number of anilines is 1. The highest BCUT2D eigenvalue weighted by Crippen LogP contribution is 2.28. The van der Waals surface area contributed by atoms with Crippen LogP contribution in [0.15, 0.2) is 53.7 Å². The first-order valence-corrected chi connectivity index (χ1v) is 7.31. The molecule has 3 rings (SSSR count). The van der Waals surface area contributed by atoms with E-state index in [-0.39, 0.29) is 0 Å². The van der Waals surface area contributed by atoms with E-state index in [1.807, 2.05) is 48.7 Å². The number of nitrogens with two attached hydrogens (primary N) is 1. The summed E-state index contributed by atoms with van der Waals surface area (Å²) in [4.78, 5) is 9.58. The first-order valence-electron chi connectivity index (χ1n) is 6.08. The molecule has 5 heteroatoms. The molecule has 2 aromatic carbocycles. The van der Waals surface area contributed by atoms with Crippen LogP contribution in [0.2, 0.25) is 0 Å². The molecule has 20 heavy (non-hydrogen) atoms. The third kappa shape index (κ3) is 2.53. The van der Waals surface area contributed by atoms with Crippen molar-refractivity contribution in [3.63, 3.8) is 0 Å². The number of aromatic nitrogens is 2. The zero-order valence-electron chi connectivity index (χ0n) is 10.9. The van der Waals surface area contributed by atoms with Gasteiger partial charge in [-0.1, -0.05) is 0 Å². The quantitative estimate of drug-likeness (QED) is 0.586. The van der Waals surface area contributed by atoms with Crippen molar-refractivity contribution in [1.82, 2.24) is 9.97 Å². The molecule has 4 nitrogen and oxygen atoms in total. The lowest BCUT2D eigenvalue weighted by Crippen LogP contribution is -1.93. The number of benzene rings is 2. The number of thioether (sulfide) groups is 1. The highest BCUT2D eigenvalue weighted by Gasteiger charge is 2.06. The summed E-state index contributed by atoms with van der Waals surface area (Å²) in [6, 6.07) is 13.4. The number of rotatable bonds is 3. The largest absolute Gasteiger partial charge is 0.438 e. The van der Waals surface area contributed by atoms with Gasteiger partial charge in [0.15, 0.2) is 0 Å². The maximum Gasteiger partial charge on any atom is 0.230 e. The molecule has 0 atom stereocenters. The maximum absolute atomic E-state index is 5.83. The summed E-state index contributed by atoms with van der Waals surface area (Å²) in [5.74, 6) is 1.25. The first kappa shape index (κ1) is 12.7.